The Morgan fingerprint density at radius 2 is 1.58 bits per heavy atom. The highest BCUT2D eigenvalue weighted by Gasteiger charge is 2.17. The second-order valence-electron chi connectivity index (χ2n) is 5.71. The van der Waals surface area contributed by atoms with Gasteiger partial charge < -0.3 is 5.32 Å². The topological polar surface area (TPSA) is 59.1 Å². The number of amides is 1. The summed E-state index contributed by atoms with van der Waals surface area (Å²) in [5.74, 6) is -1.06. The van der Waals surface area contributed by atoms with E-state index in [1.165, 1.54) is 24.3 Å². The molecule has 0 aliphatic rings. The number of aromatic nitrogens is 1. The van der Waals surface area contributed by atoms with E-state index in [9.17, 15) is 14.0 Å². The van der Waals surface area contributed by atoms with Crippen LogP contribution in [-0.2, 0) is 6.42 Å². The average Bonchev–Trinajstić information content (AvgIpc) is 2.69. The Morgan fingerprint density at radius 1 is 0.885 bits per heavy atom. The maximum absolute atomic E-state index is 13.1. The molecule has 26 heavy (non-hydrogen) atoms. The quantitative estimate of drug-likeness (QED) is 0.695. The molecule has 0 unspecified atom stereocenters. The van der Waals surface area contributed by atoms with Crippen LogP contribution in [0.15, 0.2) is 72.9 Å². The summed E-state index contributed by atoms with van der Waals surface area (Å²) in [4.78, 5) is 29.4. The minimum atomic E-state index is -0.415. The van der Waals surface area contributed by atoms with Crippen LogP contribution < -0.4 is 5.32 Å². The Bertz CT molecular complexity index is 909. The van der Waals surface area contributed by atoms with Crippen molar-refractivity contribution in [3.63, 3.8) is 0 Å². The van der Waals surface area contributed by atoms with Crippen molar-refractivity contribution < 1.29 is 14.0 Å². The molecule has 0 fully saturated rings. The van der Waals surface area contributed by atoms with E-state index in [1.54, 1.807) is 30.5 Å². The molecular weight excluding hydrogens is 331 g/mol. The zero-order valence-corrected chi connectivity index (χ0v) is 14.0. The predicted octanol–water partition coefficient (Wildman–Crippen LogP) is 3.42. The first-order valence-electron chi connectivity index (χ1n) is 8.22. The number of ketones is 1. The lowest BCUT2D eigenvalue weighted by Crippen LogP contribution is -2.27. The Hall–Kier alpha value is -3.34. The summed E-state index contributed by atoms with van der Waals surface area (Å²) in [6.07, 6.45) is 2.30. The van der Waals surface area contributed by atoms with Crippen molar-refractivity contribution in [1.29, 1.82) is 0 Å². The highest BCUT2D eigenvalue weighted by atomic mass is 19.1. The normalized spacial score (nSPS) is 10.3. The molecule has 0 saturated carbocycles. The van der Waals surface area contributed by atoms with Gasteiger partial charge in [-0.25, -0.2) is 4.39 Å². The first-order chi connectivity index (χ1) is 12.6. The molecule has 0 radical (unpaired) electrons. The SMILES string of the molecule is O=C(NCCc1ccccn1)c1ccccc1C(=O)c1ccc(F)cc1. The van der Waals surface area contributed by atoms with E-state index >= 15 is 0 Å². The Kier molecular flexibility index (Phi) is 5.49. The van der Waals surface area contributed by atoms with E-state index in [1.807, 2.05) is 18.2 Å². The molecule has 0 spiro atoms. The van der Waals surface area contributed by atoms with Crippen LogP contribution in [0.3, 0.4) is 0 Å². The van der Waals surface area contributed by atoms with Crippen LogP contribution in [0.2, 0.25) is 0 Å². The van der Waals surface area contributed by atoms with Gasteiger partial charge in [0, 0.05) is 36.0 Å². The second-order valence-corrected chi connectivity index (χ2v) is 5.71. The molecule has 2 aromatic carbocycles. The minimum Gasteiger partial charge on any atom is -0.352 e. The average molecular weight is 348 g/mol. The molecule has 4 nitrogen and oxygen atoms in total. The molecule has 0 atom stereocenters. The van der Waals surface area contributed by atoms with Gasteiger partial charge in [-0.15, -0.1) is 0 Å². The van der Waals surface area contributed by atoms with Crippen molar-refractivity contribution in [2.75, 3.05) is 6.54 Å². The summed E-state index contributed by atoms with van der Waals surface area (Å²) in [6.45, 7) is 0.412. The zero-order valence-electron chi connectivity index (χ0n) is 14.0. The summed E-state index contributed by atoms with van der Waals surface area (Å²) in [6, 6.07) is 17.5. The molecule has 0 saturated heterocycles. The molecule has 1 N–H and O–H groups in total. The highest BCUT2D eigenvalue weighted by molar-refractivity contribution is 6.15. The van der Waals surface area contributed by atoms with Crippen LogP contribution in [0.25, 0.3) is 0 Å². The first kappa shape index (κ1) is 17.5. The largest absolute Gasteiger partial charge is 0.352 e. The number of halogens is 1. The third-order valence-corrected chi connectivity index (χ3v) is 3.92. The maximum atomic E-state index is 13.1. The highest BCUT2D eigenvalue weighted by Crippen LogP contribution is 2.15. The lowest BCUT2D eigenvalue weighted by Gasteiger charge is -2.10. The van der Waals surface area contributed by atoms with Crippen molar-refractivity contribution >= 4 is 11.7 Å². The van der Waals surface area contributed by atoms with Crippen molar-refractivity contribution in [2.24, 2.45) is 0 Å². The summed E-state index contributed by atoms with van der Waals surface area (Å²) >= 11 is 0. The number of benzene rings is 2. The third-order valence-electron chi connectivity index (χ3n) is 3.92. The molecule has 0 aliphatic carbocycles. The molecule has 3 rings (SSSR count). The lowest BCUT2D eigenvalue weighted by molar-refractivity contribution is 0.0942. The van der Waals surface area contributed by atoms with Gasteiger partial charge in [-0.05, 0) is 42.5 Å². The van der Waals surface area contributed by atoms with Gasteiger partial charge in [0.2, 0.25) is 0 Å². The standard InChI is InChI=1S/C21H17FN2O2/c22-16-10-8-15(9-11-16)20(25)18-6-1-2-7-19(18)21(26)24-14-12-17-5-3-4-13-23-17/h1-11,13H,12,14H2,(H,24,26). The minimum absolute atomic E-state index is 0.287. The van der Waals surface area contributed by atoms with Crippen LogP contribution in [-0.4, -0.2) is 23.2 Å². The summed E-state index contributed by atoms with van der Waals surface area (Å²) in [7, 11) is 0. The monoisotopic (exact) mass is 348 g/mol. The van der Waals surface area contributed by atoms with Gasteiger partial charge in [0.25, 0.3) is 5.91 Å². The number of carbonyl (C=O) groups excluding carboxylic acids is 2. The Labute approximate surface area is 150 Å². The number of pyridine rings is 1. The molecule has 5 heteroatoms. The third kappa shape index (κ3) is 4.19. The number of nitrogens with zero attached hydrogens (tertiary/aromatic N) is 1. The fourth-order valence-electron chi connectivity index (χ4n) is 2.58. The van der Waals surface area contributed by atoms with Crippen molar-refractivity contribution in [3.8, 4) is 0 Å². The van der Waals surface area contributed by atoms with Crippen molar-refractivity contribution in [2.45, 2.75) is 6.42 Å². The Balaban J connectivity index is 1.72. The van der Waals surface area contributed by atoms with Gasteiger partial charge in [-0.2, -0.15) is 0 Å². The van der Waals surface area contributed by atoms with E-state index in [-0.39, 0.29) is 17.3 Å². The second kappa shape index (κ2) is 8.16. The fraction of sp³-hybridized carbons (Fsp3) is 0.0952. The van der Waals surface area contributed by atoms with Gasteiger partial charge >= 0.3 is 0 Å². The van der Waals surface area contributed by atoms with E-state index < -0.39 is 5.82 Å². The van der Waals surface area contributed by atoms with Gasteiger partial charge in [0.1, 0.15) is 5.82 Å². The van der Waals surface area contributed by atoms with E-state index in [4.69, 9.17) is 0 Å². The molecule has 3 aromatic rings. The van der Waals surface area contributed by atoms with Gasteiger partial charge in [0.15, 0.2) is 5.78 Å². The van der Waals surface area contributed by atoms with E-state index in [0.717, 1.165) is 5.69 Å². The lowest BCUT2D eigenvalue weighted by atomic mass is 9.98. The number of rotatable bonds is 6. The van der Waals surface area contributed by atoms with Crippen LogP contribution in [0.4, 0.5) is 4.39 Å². The molecule has 1 heterocycles. The predicted molar refractivity (Wildman–Crippen MR) is 96.5 cm³/mol. The number of nitrogens with one attached hydrogen (secondary N) is 1. The van der Waals surface area contributed by atoms with E-state index in [2.05, 4.69) is 10.3 Å². The summed E-state index contributed by atoms with van der Waals surface area (Å²) in [5.41, 5.74) is 1.79. The van der Waals surface area contributed by atoms with Crippen LogP contribution in [0.5, 0.6) is 0 Å². The van der Waals surface area contributed by atoms with Gasteiger partial charge in [0.05, 0.1) is 5.56 Å². The smallest absolute Gasteiger partial charge is 0.252 e. The first-order valence-corrected chi connectivity index (χ1v) is 8.22. The maximum Gasteiger partial charge on any atom is 0.252 e. The molecule has 130 valence electrons. The summed E-state index contributed by atoms with van der Waals surface area (Å²) in [5, 5.41) is 2.81. The molecule has 1 aromatic heterocycles. The Morgan fingerprint density at radius 3 is 2.27 bits per heavy atom. The van der Waals surface area contributed by atoms with Gasteiger partial charge in [-0.1, -0.05) is 24.3 Å². The van der Waals surface area contributed by atoms with Gasteiger partial charge in [-0.3, -0.25) is 14.6 Å². The van der Waals surface area contributed by atoms with Crippen LogP contribution in [0, 0.1) is 5.82 Å². The van der Waals surface area contributed by atoms with Crippen molar-refractivity contribution in [1.82, 2.24) is 10.3 Å². The van der Waals surface area contributed by atoms with Crippen molar-refractivity contribution in [3.05, 3.63) is 101 Å². The number of carbonyl (C=O) groups is 2. The zero-order chi connectivity index (χ0) is 18.4. The number of hydrogen-bond donors (Lipinski definition) is 1. The number of hydrogen-bond acceptors (Lipinski definition) is 3. The molecule has 0 bridgehead atoms. The fourth-order valence-corrected chi connectivity index (χ4v) is 2.58. The molecule has 1 amide bonds. The van der Waals surface area contributed by atoms with Crippen LogP contribution >= 0.6 is 0 Å². The molecule has 0 aliphatic heterocycles. The van der Waals surface area contributed by atoms with E-state index in [0.29, 0.717) is 24.1 Å². The molecular formula is C21H17FN2O2. The summed E-state index contributed by atoms with van der Waals surface area (Å²) < 4.78 is 13.1. The van der Waals surface area contributed by atoms with Crippen LogP contribution in [0.1, 0.15) is 32.0 Å².